The van der Waals surface area contributed by atoms with E-state index in [9.17, 15) is 0 Å². The normalized spacial score (nSPS) is 6.32. The van der Waals surface area contributed by atoms with Gasteiger partial charge in [0.05, 0.1) is 0 Å². The summed E-state index contributed by atoms with van der Waals surface area (Å²) in [5, 5.41) is 0. The summed E-state index contributed by atoms with van der Waals surface area (Å²) in [4.78, 5) is 0. The first-order valence-corrected chi connectivity index (χ1v) is 3.70. The zero-order chi connectivity index (χ0) is 9.00. The zero-order valence-electron chi connectivity index (χ0n) is 8.73. The Morgan fingerprint density at radius 2 is 0.316 bits per heavy atom. The minimum absolute atomic E-state index is 0. The molecule has 19 heteroatoms. The Bertz CT molecular complexity index is 57.7. The largest absolute Gasteiger partial charge is 2.00 e. The Kier molecular flexibility index (Phi) is 169. The van der Waals surface area contributed by atoms with E-state index in [2.05, 4.69) is 0 Å². The minimum Gasteiger partial charge on any atom is -0.412 e. The minimum atomic E-state index is -4.94. The quantitative estimate of drug-likeness (QED) is 0.360. The summed E-state index contributed by atoms with van der Waals surface area (Å²) >= 11 is 0. The van der Waals surface area contributed by atoms with Crippen molar-refractivity contribution in [3.05, 3.63) is 0 Å². The van der Waals surface area contributed by atoms with Crippen LogP contribution in [0.25, 0.3) is 0 Å². The van der Waals surface area contributed by atoms with Crippen LogP contribution in [0.4, 0.5) is 0 Å². The maximum Gasteiger partial charge on any atom is 2.00 e. The summed E-state index contributed by atoms with van der Waals surface area (Å²) < 4.78 is 67.9. The van der Waals surface area contributed by atoms with E-state index in [1.807, 2.05) is 0 Å². The fourth-order valence-corrected chi connectivity index (χ4v) is 0. The molecule has 0 unspecified atom stereocenters. The molecular formula is H16CaCl2O16. The Morgan fingerprint density at radius 3 is 0.316 bits per heavy atom. The predicted molar refractivity (Wildman–Crippen MR) is 34.7 cm³/mol. The van der Waals surface area contributed by atoms with Crippen molar-refractivity contribution in [2.75, 3.05) is 0 Å². The van der Waals surface area contributed by atoms with E-state index in [-0.39, 0.29) is 81.5 Å². The van der Waals surface area contributed by atoms with Crippen LogP contribution in [0.2, 0.25) is 0 Å². The van der Waals surface area contributed by atoms with Crippen molar-refractivity contribution in [1.82, 2.24) is 0 Å². The maximum absolute atomic E-state index is 8.49. The summed E-state index contributed by atoms with van der Waals surface area (Å²) in [6.07, 6.45) is 0. The summed E-state index contributed by atoms with van der Waals surface area (Å²) in [5.41, 5.74) is 0. The SMILES string of the molecule is O.O.O.O.O.O.O.O.[Ca+2].[O-][Cl+3]([O-])([O-])[O-].[O-][Cl+3]([O-])([O-])[O-]. The van der Waals surface area contributed by atoms with Gasteiger partial charge in [0, 0.05) is 0 Å². The number of hydrogen-bond acceptors (Lipinski definition) is 8. The van der Waals surface area contributed by atoms with Crippen molar-refractivity contribution in [2.45, 2.75) is 0 Å². The third-order valence-corrected chi connectivity index (χ3v) is 0. The van der Waals surface area contributed by atoms with Gasteiger partial charge in [0.2, 0.25) is 0 Å². The molecule has 19 heavy (non-hydrogen) atoms. The van der Waals surface area contributed by atoms with Crippen LogP contribution in [-0.2, 0) is 0 Å². The van der Waals surface area contributed by atoms with Gasteiger partial charge in [-0.1, -0.05) is 0 Å². The van der Waals surface area contributed by atoms with E-state index < -0.39 is 20.5 Å². The summed E-state index contributed by atoms with van der Waals surface area (Å²) in [7, 11) is -9.89. The predicted octanol–water partition coefficient (Wildman–Crippen LogP) is -16.5. The monoisotopic (exact) mass is 382 g/mol. The maximum atomic E-state index is 8.49. The van der Waals surface area contributed by atoms with Crippen LogP contribution in [0.5, 0.6) is 0 Å². The zero-order valence-corrected chi connectivity index (χ0v) is 12.4. The van der Waals surface area contributed by atoms with Gasteiger partial charge in [0.1, 0.15) is 0 Å². The van der Waals surface area contributed by atoms with Gasteiger partial charge in [-0.25, -0.2) is 37.3 Å². The van der Waals surface area contributed by atoms with Crippen LogP contribution in [0.3, 0.4) is 0 Å². The molecule has 128 valence electrons. The molecule has 0 saturated heterocycles. The van der Waals surface area contributed by atoms with Crippen LogP contribution >= 0.6 is 0 Å². The molecule has 16 N–H and O–H groups in total. The second kappa shape index (κ2) is 36.5. The van der Waals surface area contributed by atoms with Gasteiger partial charge in [-0.15, -0.1) is 20.5 Å². The molecule has 0 atom stereocenters. The standard InChI is InChI=1S/Ca.2ClHO4.8H2O/c;2*2-1(3,4)5;;;;;;;;/h;2*(H,2,3,4,5);8*1H2/q+2;;;;;;;;;;/p-2. The van der Waals surface area contributed by atoms with Gasteiger partial charge in [-0.2, -0.15) is 0 Å². The smallest absolute Gasteiger partial charge is 0.412 e. The van der Waals surface area contributed by atoms with E-state index in [1.165, 1.54) is 0 Å². The summed E-state index contributed by atoms with van der Waals surface area (Å²) in [6.45, 7) is 0. The molecule has 0 bridgehead atoms. The van der Waals surface area contributed by atoms with Crippen LogP contribution in [0.1, 0.15) is 0 Å². The van der Waals surface area contributed by atoms with Gasteiger partial charge in [0.25, 0.3) is 0 Å². The van der Waals surface area contributed by atoms with Crippen LogP contribution < -0.4 is 37.3 Å². The number of hydrogen-bond donors (Lipinski definition) is 0. The van der Waals surface area contributed by atoms with Crippen molar-refractivity contribution in [1.29, 1.82) is 0 Å². The van der Waals surface area contributed by atoms with E-state index in [1.54, 1.807) is 0 Å². The van der Waals surface area contributed by atoms with Crippen LogP contribution in [0.15, 0.2) is 0 Å². The van der Waals surface area contributed by atoms with E-state index in [4.69, 9.17) is 37.3 Å². The second-order valence-corrected chi connectivity index (χ2v) is 2.27. The van der Waals surface area contributed by atoms with Gasteiger partial charge in [0.15, 0.2) is 0 Å². The fourth-order valence-electron chi connectivity index (χ4n) is 0. The van der Waals surface area contributed by atoms with E-state index >= 15 is 0 Å². The third kappa shape index (κ3) is 3950. The molecule has 0 aliphatic heterocycles. The molecular weight excluding hydrogens is 367 g/mol. The van der Waals surface area contributed by atoms with Gasteiger partial charge < -0.3 is 43.8 Å². The van der Waals surface area contributed by atoms with Gasteiger partial charge in [-0.05, 0) is 0 Å². The molecule has 0 rings (SSSR count). The van der Waals surface area contributed by atoms with Crippen molar-refractivity contribution in [3.63, 3.8) is 0 Å². The molecule has 0 fully saturated rings. The Morgan fingerprint density at radius 1 is 0.316 bits per heavy atom. The van der Waals surface area contributed by atoms with Crippen LogP contribution in [0, 0.1) is 20.5 Å². The first-order valence-electron chi connectivity index (χ1n) is 1.23. The van der Waals surface area contributed by atoms with Crippen molar-refractivity contribution in [3.8, 4) is 0 Å². The molecule has 0 aromatic rings. The second-order valence-electron chi connectivity index (χ2n) is 0.756. The van der Waals surface area contributed by atoms with Gasteiger partial charge in [-0.3, -0.25) is 0 Å². The van der Waals surface area contributed by atoms with E-state index in [0.29, 0.717) is 0 Å². The molecule has 16 nitrogen and oxygen atoms in total. The molecule has 0 saturated carbocycles. The first-order chi connectivity index (χ1) is 4.00. The third-order valence-electron chi connectivity index (χ3n) is 0. The molecule has 0 radical (unpaired) electrons. The average molecular weight is 383 g/mol. The number of rotatable bonds is 0. The molecule has 0 aromatic heterocycles. The van der Waals surface area contributed by atoms with E-state index in [0.717, 1.165) is 0 Å². The first kappa shape index (κ1) is 88.0. The molecule has 0 spiro atoms. The van der Waals surface area contributed by atoms with Crippen molar-refractivity contribution in [2.24, 2.45) is 0 Å². The number of halogens is 2. The Balaban J connectivity index is -0.00000000508. The summed E-state index contributed by atoms with van der Waals surface area (Å²) in [5.74, 6) is 0. The van der Waals surface area contributed by atoms with Crippen molar-refractivity contribution < 1.29 is 102 Å². The molecule has 0 aliphatic rings. The average Bonchev–Trinajstić information content (AvgIpc) is 1.12. The van der Waals surface area contributed by atoms with Crippen molar-refractivity contribution >= 4 is 37.7 Å². The molecule has 0 amide bonds. The topological polar surface area (TPSA) is 436 Å². The Hall–Kier alpha value is 1.20. The summed E-state index contributed by atoms with van der Waals surface area (Å²) in [6, 6.07) is 0. The molecule has 0 aliphatic carbocycles. The Labute approximate surface area is 139 Å². The fraction of sp³-hybridized carbons (Fsp3) is 0. The molecule has 0 heterocycles. The van der Waals surface area contributed by atoms with Gasteiger partial charge >= 0.3 is 37.7 Å². The molecule has 0 aromatic carbocycles. The van der Waals surface area contributed by atoms with Crippen LogP contribution in [-0.4, -0.2) is 81.5 Å².